The lowest BCUT2D eigenvalue weighted by molar-refractivity contribution is 0.533. The molecule has 2 aliphatic heterocycles. The molecule has 1 N–H and O–H groups in total. The van der Waals surface area contributed by atoms with Crippen LogP contribution in [-0.2, 0) is 0 Å². The molecule has 0 aromatic carbocycles. The first kappa shape index (κ1) is 10.7. The second-order valence-corrected chi connectivity index (χ2v) is 6.26. The summed E-state index contributed by atoms with van der Waals surface area (Å²) in [5.74, 6) is 2.75. The topological polar surface area (TPSA) is 41.0 Å². The predicted molar refractivity (Wildman–Crippen MR) is 74.2 cm³/mol. The summed E-state index contributed by atoms with van der Waals surface area (Å²) in [5, 5.41) is 5.66. The zero-order valence-electron chi connectivity index (χ0n) is 10.4. The van der Waals surface area contributed by atoms with Crippen molar-refractivity contribution in [1.82, 2.24) is 15.3 Å². The molecule has 18 heavy (non-hydrogen) atoms. The van der Waals surface area contributed by atoms with E-state index in [9.17, 15) is 0 Å². The van der Waals surface area contributed by atoms with Crippen LogP contribution in [0.4, 0.5) is 5.82 Å². The first-order chi connectivity index (χ1) is 8.83. The summed E-state index contributed by atoms with van der Waals surface area (Å²) in [4.78, 5) is 11.4. The van der Waals surface area contributed by atoms with E-state index >= 15 is 0 Å². The number of aryl methyl sites for hydroxylation is 1. The number of nitrogens with one attached hydrogen (secondary N) is 1. The van der Waals surface area contributed by atoms with Crippen LogP contribution >= 0.6 is 11.3 Å². The fraction of sp³-hybridized carbons (Fsp3) is 0.538. The monoisotopic (exact) mass is 260 g/mol. The third kappa shape index (κ3) is 1.47. The van der Waals surface area contributed by atoms with Crippen LogP contribution in [0, 0.1) is 18.8 Å². The maximum atomic E-state index is 4.53. The van der Waals surface area contributed by atoms with Gasteiger partial charge in [0.05, 0.1) is 10.2 Å². The number of fused-ring (bicyclic) bond motifs is 2. The van der Waals surface area contributed by atoms with E-state index in [0.717, 1.165) is 36.3 Å². The molecule has 0 radical (unpaired) electrons. The van der Waals surface area contributed by atoms with Gasteiger partial charge in [-0.15, -0.1) is 11.3 Å². The second kappa shape index (κ2) is 3.90. The zero-order valence-corrected chi connectivity index (χ0v) is 11.2. The van der Waals surface area contributed by atoms with E-state index in [0.29, 0.717) is 0 Å². The third-order valence-corrected chi connectivity index (χ3v) is 5.28. The quantitative estimate of drug-likeness (QED) is 0.846. The molecule has 4 rings (SSSR count). The van der Waals surface area contributed by atoms with E-state index in [2.05, 4.69) is 32.5 Å². The highest BCUT2D eigenvalue weighted by molar-refractivity contribution is 7.18. The summed E-state index contributed by atoms with van der Waals surface area (Å²) >= 11 is 1.77. The molecule has 2 unspecified atom stereocenters. The summed E-state index contributed by atoms with van der Waals surface area (Å²) in [7, 11) is 0. The van der Waals surface area contributed by atoms with Crippen molar-refractivity contribution in [1.29, 1.82) is 0 Å². The molecule has 2 fully saturated rings. The molecule has 2 aliphatic rings. The van der Waals surface area contributed by atoms with Crippen molar-refractivity contribution < 1.29 is 0 Å². The minimum atomic E-state index is 0.802. The number of aromatic nitrogens is 2. The van der Waals surface area contributed by atoms with Gasteiger partial charge in [-0.25, -0.2) is 9.97 Å². The van der Waals surface area contributed by atoms with Crippen molar-refractivity contribution in [3.05, 3.63) is 17.3 Å². The predicted octanol–water partition coefficient (Wildman–Crippen LogP) is 1.66. The number of hydrogen-bond acceptors (Lipinski definition) is 5. The molecule has 5 heteroatoms. The van der Waals surface area contributed by atoms with Gasteiger partial charge in [0.1, 0.15) is 12.1 Å². The number of thiophene rings is 1. The minimum Gasteiger partial charge on any atom is -0.355 e. The molecule has 0 bridgehead atoms. The van der Waals surface area contributed by atoms with E-state index in [1.54, 1.807) is 17.7 Å². The van der Waals surface area contributed by atoms with E-state index in [1.807, 2.05) is 0 Å². The SMILES string of the molecule is Cc1csc2c(N3CC4CNCC4C3)ncnc12. The molecule has 0 amide bonds. The Hall–Kier alpha value is -1.20. The second-order valence-electron chi connectivity index (χ2n) is 5.38. The molecule has 2 aromatic heterocycles. The standard InChI is InChI=1S/C13H16N4S/c1-8-6-18-12-11(8)15-7-16-13(12)17-4-9-2-14-3-10(9)5-17/h6-7,9-10,14H,2-5H2,1H3. The summed E-state index contributed by atoms with van der Waals surface area (Å²) in [6.45, 7) is 6.73. The van der Waals surface area contributed by atoms with Gasteiger partial charge in [0, 0.05) is 26.2 Å². The van der Waals surface area contributed by atoms with Crippen LogP contribution in [0.5, 0.6) is 0 Å². The molecule has 4 heterocycles. The van der Waals surface area contributed by atoms with Crippen LogP contribution in [-0.4, -0.2) is 36.1 Å². The highest BCUT2D eigenvalue weighted by atomic mass is 32.1. The smallest absolute Gasteiger partial charge is 0.150 e. The van der Waals surface area contributed by atoms with E-state index in [1.165, 1.54) is 23.4 Å². The van der Waals surface area contributed by atoms with Crippen molar-refractivity contribution in [3.63, 3.8) is 0 Å². The molecule has 4 nitrogen and oxygen atoms in total. The van der Waals surface area contributed by atoms with Crippen LogP contribution in [0.2, 0.25) is 0 Å². The highest BCUT2D eigenvalue weighted by Gasteiger charge is 2.37. The van der Waals surface area contributed by atoms with Gasteiger partial charge >= 0.3 is 0 Å². The molecular formula is C13H16N4S. The molecule has 0 saturated carbocycles. The van der Waals surface area contributed by atoms with Gasteiger partial charge in [0.25, 0.3) is 0 Å². The Morgan fingerprint density at radius 3 is 2.83 bits per heavy atom. The minimum absolute atomic E-state index is 0.802. The van der Waals surface area contributed by atoms with Crippen LogP contribution in [0.25, 0.3) is 10.2 Å². The molecular weight excluding hydrogens is 244 g/mol. The summed E-state index contributed by atoms with van der Waals surface area (Å²) in [6.07, 6.45) is 1.71. The van der Waals surface area contributed by atoms with Gasteiger partial charge in [-0.05, 0) is 29.7 Å². The molecule has 2 aromatic rings. The van der Waals surface area contributed by atoms with Crippen molar-refractivity contribution in [2.75, 3.05) is 31.1 Å². The van der Waals surface area contributed by atoms with Gasteiger partial charge in [-0.3, -0.25) is 0 Å². The molecule has 94 valence electrons. The van der Waals surface area contributed by atoms with Crippen LogP contribution in [0.3, 0.4) is 0 Å². The Labute approximate surface area is 110 Å². The third-order valence-electron chi connectivity index (χ3n) is 4.20. The number of hydrogen-bond donors (Lipinski definition) is 1. The van der Waals surface area contributed by atoms with Gasteiger partial charge in [-0.2, -0.15) is 0 Å². The fourth-order valence-corrected chi connectivity index (χ4v) is 4.23. The average molecular weight is 260 g/mol. The summed E-state index contributed by atoms with van der Waals surface area (Å²) < 4.78 is 1.25. The van der Waals surface area contributed by atoms with Gasteiger partial charge in [0.15, 0.2) is 0 Å². The van der Waals surface area contributed by atoms with Gasteiger partial charge in [0.2, 0.25) is 0 Å². The van der Waals surface area contributed by atoms with E-state index < -0.39 is 0 Å². The lowest BCUT2D eigenvalue weighted by Gasteiger charge is -2.18. The van der Waals surface area contributed by atoms with Crippen molar-refractivity contribution in [3.8, 4) is 0 Å². The Kier molecular flexibility index (Phi) is 2.32. The van der Waals surface area contributed by atoms with E-state index in [4.69, 9.17) is 0 Å². The molecule has 0 aliphatic carbocycles. The lowest BCUT2D eigenvalue weighted by Crippen LogP contribution is -2.26. The lowest BCUT2D eigenvalue weighted by atomic mass is 10.0. The zero-order chi connectivity index (χ0) is 12.1. The van der Waals surface area contributed by atoms with Crippen molar-refractivity contribution >= 4 is 27.4 Å². The molecule has 2 saturated heterocycles. The summed E-state index contributed by atoms with van der Waals surface area (Å²) in [5.41, 5.74) is 2.39. The van der Waals surface area contributed by atoms with Gasteiger partial charge < -0.3 is 10.2 Å². The van der Waals surface area contributed by atoms with Crippen LogP contribution in [0.1, 0.15) is 5.56 Å². The average Bonchev–Trinajstić information content (AvgIpc) is 3.03. The maximum Gasteiger partial charge on any atom is 0.150 e. The Morgan fingerprint density at radius 2 is 2.06 bits per heavy atom. The van der Waals surface area contributed by atoms with Crippen LogP contribution in [0.15, 0.2) is 11.7 Å². The first-order valence-electron chi connectivity index (χ1n) is 6.47. The Morgan fingerprint density at radius 1 is 1.28 bits per heavy atom. The summed E-state index contributed by atoms with van der Waals surface area (Å²) in [6, 6.07) is 0. The van der Waals surface area contributed by atoms with Crippen molar-refractivity contribution in [2.24, 2.45) is 11.8 Å². The Balaban J connectivity index is 1.75. The van der Waals surface area contributed by atoms with E-state index in [-0.39, 0.29) is 0 Å². The van der Waals surface area contributed by atoms with Crippen molar-refractivity contribution in [2.45, 2.75) is 6.92 Å². The fourth-order valence-electron chi connectivity index (χ4n) is 3.21. The normalized spacial score (nSPS) is 27.1. The van der Waals surface area contributed by atoms with Gasteiger partial charge in [-0.1, -0.05) is 0 Å². The molecule has 0 spiro atoms. The number of anilines is 1. The van der Waals surface area contributed by atoms with Crippen LogP contribution < -0.4 is 10.2 Å². The molecule has 2 atom stereocenters. The first-order valence-corrected chi connectivity index (χ1v) is 7.35. The Bertz CT molecular complexity index is 582. The highest BCUT2D eigenvalue weighted by Crippen LogP contribution is 2.35. The number of nitrogens with zero attached hydrogens (tertiary/aromatic N) is 3. The number of rotatable bonds is 1. The largest absolute Gasteiger partial charge is 0.355 e. The maximum absolute atomic E-state index is 4.53.